The van der Waals surface area contributed by atoms with Gasteiger partial charge in [-0.3, -0.25) is 0 Å². The van der Waals surface area contributed by atoms with Crippen LogP contribution in [0.15, 0.2) is 18.2 Å². The zero-order chi connectivity index (χ0) is 14.9. The van der Waals surface area contributed by atoms with Crippen molar-refractivity contribution >= 4 is 11.0 Å². The molecule has 3 nitrogen and oxygen atoms in total. The lowest BCUT2D eigenvalue weighted by Gasteiger charge is -2.20. The first kappa shape index (κ1) is 15.0. The van der Waals surface area contributed by atoms with Crippen molar-refractivity contribution in [2.45, 2.75) is 53.0 Å². The molecule has 2 rings (SSSR count). The van der Waals surface area contributed by atoms with E-state index in [4.69, 9.17) is 10.7 Å². The minimum atomic E-state index is 0.441. The van der Waals surface area contributed by atoms with E-state index in [-0.39, 0.29) is 0 Å². The molecule has 0 radical (unpaired) electrons. The Bertz CT molecular complexity index is 581. The monoisotopic (exact) mass is 273 g/mol. The number of benzene rings is 1. The van der Waals surface area contributed by atoms with E-state index in [0.29, 0.717) is 17.9 Å². The first-order valence-corrected chi connectivity index (χ1v) is 7.64. The average molecular weight is 273 g/mol. The number of nitrogens with two attached hydrogens (primary N) is 1. The summed E-state index contributed by atoms with van der Waals surface area (Å²) in [5.41, 5.74) is 9.47. The number of nitrogens with zero attached hydrogens (tertiary/aromatic N) is 2. The molecule has 20 heavy (non-hydrogen) atoms. The van der Waals surface area contributed by atoms with E-state index in [2.05, 4.69) is 57.4 Å². The van der Waals surface area contributed by atoms with Gasteiger partial charge in [-0.2, -0.15) is 0 Å². The molecule has 0 saturated carbocycles. The Balaban J connectivity index is 2.49. The van der Waals surface area contributed by atoms with Crippen molar-refractivity contribution in [3.05, 3.63) is 29.6 Å². The standard InChI is InChI=1S/C17H27N3/c1-11(2)15(8-9-18)14-6-7-17-16(10-14)19-13(5)20(17)12(3)4/h6-7,10-12,15H,8-9,18H2,1-5H3. The van der Waals surface area contributed by atoms with Crippen molar-refractivity contribution in [3.8, 4) is 0 Å². The third kappa shape index (κ3) is 2.73. The topological polar surface area (TPSA) is 43.8 Å². The van der Waals surface area contributed by atoms with Crippen molar-refractivity contribution in [2.24, 2.45) is 11.7 Å². The van der Waals surface area contributed by atoms with E-state index in [1.807, 2.05) is 0 Å². The number of hydrogen-bond acceptors (Lipinski definition) is 2. The molecule has 1 aromatic carbocycles. The number of rotatable bonds is 5. The quantitative estimate of drug-likeness (QED) is 0.894. The smallest absolute Gasteiger partial charge is 0.106 e. The van der Waals surface area contributed by atoms with E-state index >= 15 is 0 Å². The lowest BCUT2D eigenvalue weighted by Crippen LogP contribution is -2.12. The van der Waals surface area contributed by atoms with Gasteiger partial charge in [0, 0.05) is 6.04 Å². The van der Waals surface area contributed by atoms with Gasteiger partial charge in [0.1, 0.15) is 5.82 Å². The van der Waals surface area contributed by atoms with E-state index in [0.717, 1.165) is 24.3 Å². The molecule has 0 aliphatic heterocycles. The molecule has 1 unspecified atom stereocenters. The zero-order valence-electron chi connectivity index (χ0n) is 13.4. The first-order chi connectivity index (χ1) is 9.45. The zero-order valence-corrected chi connectivity index (χ0v) is 13.4. The molecule has 1 atom stereocenters. The van der Waals surface area contributed by atoms with Crippen LogP contribution in [0.3, 0.4) is 0 Å². The molecule has 0 aliphatic carbocycles. The normalized spacial score (nSPS) is 13.6. The van der Waals surface area contributed by atoms with Crippen LogP contribution >= 0.6 is 0 Å². The van der Waals surface area contributed by atoms with Gasteiger partial charge in [-0.1, -0.05) is 19.9 Å². The molecule has 1 heterocycles. The molecule has 2 N–H and O–H groups in total. The van der Waals surface area contributed by atoms with Gasteiger partial charge >= 0.3 is 0 Å². The van der Waals surface area contributed by atoms with Crippen LogP contribution < -0.4 is 5.73 Å². The highest BCUT2D eigenvalue weighted by Gasteiger charge is 2.17. The number of aromatic nitrogens is 2. The molecular formula is C17H27N3. The molecule has 0 fully saturated rings. The van der Waals surface area contributed by atoms with Crippen LogP contribution in [-0.2, 0) is 0 Å². The third-order valence-electron chi connectivity index (χ3n) is 4.12. The highest BCUT2D eigenvalue weighted by Crippen LogP contribution is 2.30. The Morgan fingerprint density at radius 1 is 1.20 bits per heavy atom. The predicted octanol–water partition coefficient (Wildman–Crippen LogP) is 4.01. The van der Waals surface area contributed by atoms with Crippen LogP contribution in [0.5, 0.6) is 0 Å². The van der Waals surface area contributed by atoms with Gasteiger partial charge in [0.25, 0.3) is 0 Å². The second-order valence-corrected chi connectivity index (χ2v) is 6.30. The van der Waals surface area contributed by atoms with Crippen molar-refractivity contribution in [2.75, 3.05) is 6.54 Å². The van der Waals surface area contributed by atoms with Gasteiger partial charge in [-0.15, -0.1) is 0 Å². The first-order valence-electron chi connectivity index (χ1n) is 7.64. The van der Waals surface area contributed by atoms with Crippen molar-refractivity contribution in [1.82, 2.24) is 9.55 Å². The Morgan fingerprint density at radius 2 is 1.90 bits per heavy atom. The summed E-state index contributed by atoms with van der Waals surface area (Å²) in [6.45, 7) is 11.8. The maximum Gasteiger partial charge on any atom is 0.106 e. The van der Waals surface area contributed by atoms with Gasteiger partial charge in [0.15, 0.2) is 0 Å². The fourth-order valence-corrected chi connectivity index (χ4v) is 3.18. The Morgan fingerprint density at radius 3 is 2.45 bits per heavy atom. The Kier molecular flexibility index (Phi) is 4.48. The molecule has 3 heteroatoms. The summed E-state index contributed by atoms with van der Waals surface area (Å²) in [6, 6.07) is 7.16. The maximum absolute atomic E-state index is 5.77. The minimum Gasteiger partial charge on any atom is -0.330 e. The van der Waals surface area contributed by atoms with Crippen molar-refractivity contribution in [3.63, 3.8) is 0 Å². The number of aryl methyl sites for hydroxylation is 1. The molecule has 1 aromatic heterocycles. The molecule has 0 bridgehead atoms. The molecule has 0 saturated heterocycles. The van der Waals surface area contributed by atoms with Gasteiger partial charge < -0.3 is 10.3 Å². The molecule has 0 amide bonds. The van der Waals surface area contributed by atoms with Gasteiger partial charge in [0.05, 0.1) is 11.0 Å². The number of fused-ring (bicyclic) bond motifs is 1. The predicted molar refractivity (Wildman–Crippen MR) is 86.1 cm³/mol. The van der Waals surface area contributed by atoms with Crippen LogP contribution in [0, 0.1) is 12.8 Å². The Hall–Kier alpha value is -1.35. The van der Waals surface area contributed by atoms with E-state index in [9.17, 15) is 0 Å². The molecular weight excluding hydrogens is 246 g/mol. The van der Waals surface area contributed by atoms with E-state index in [1.165, 1.54) is 11.1 Å². The summed E-state index contributed by atoms with van der Waals surface area (Å²) in [5.74, 6) is 2.21. The highest BCUT2D eigenvalue weighted by molar-refractivity contribution is 5.77. The summed E-state index contributed by atoms with van der Waals surface area (Å²) in [4.78, 5) is 4.73. The minimum absolute atomic E-state index is 0.441. The van der Waals surface area contributed by atoms with Gasteiger partial charge in [-0.25, -0.2) is 4.98 Å². The maximum atomic E-state index is 5.77. The lowest BCUT2D eigenvalue weighted by atomic mass is 9.85. The largest absolute Gasteiger partial charge is 0.330 e. The SMILES string of the molecule is Cc1nc2cc(C(CCN)C(C)C)ccc2n1C(C)C. The lowest BCUT2D eigenvalue weighted by molar-refractivity contribution is 0.473. The fourth-order valence-electron chi connectivity index (χ4n) is 3.18. The molecule has 0 spiro atoms. The second-order valence-electron chi connectivity index (χ2n) is 6.30. The average Bonchev–Trinajstić information content (AvgIpc) is 2.70. The van der Waals surface area contributed by atoms with Crippen LogP contribution in [0.25, 0.3) is 11.0 Å². The summed E-state index contributed by atoms with van der Waals surface area (Å²) < 4.78 is 2.30. The van der Waals surface area contributed by atoms with Crippen LogP contribution in [0.1, 0.15) is 57.5 Å². The summed E-state index contributed by atoms with van der Waals surface area (Å²) in [7, 11) is 0. The number of hydrogen-bond donors (Lipinski definition) is 1. The Labute approximate surface area is 122 Å². The summed E-state index contributed by atoms with van der Waals surface area (Å²) >= 11 is 0. The highest BCUT2D eigenvalue weighted by atomic mass is 15.1. The van der Waals surface area contributed by atoms with E-state index < -0.39 is 0 Å². The van der Waals surface area contributed by atoms with Crippen LogP contribution in [-0.4, -0.2) is 16.1 Å². The van der Waals surface area contributed by atoms with Gasteiger partial charge in [0.2, 0.25) is 0 Å². The molecule has 110 valence electrons. The van der Waals surface area contributed by atoms with Crippen LogP contribution in [0.2, 0.25) is 0 Å². The van der Waals surface area contributed by atoms with Crippen molar-refractivity contribution < 1.29 is 0 Å². The second kappa shape index (κ2) is 5.96. The van der Waals surface area contributed by atoms with Crippen molar-refractivity contribution in [1.29, 1.82) is 0 Å². The summed E-state index contributed by atoms with van der Waals surface area (Å²) in [6.07, 6.45) is 1.03. The third-order valence-corrected chi connectivity index (χ3v) is 4.12. The number of imidazole rings is 1. The van der Waals surface area contributed by atoms with Gasteiger partial charge in [-0.05, 0) is 63.3 Å². The fraction of sp³-hybridized carbons (Fsp3) is 0.588. The molecule has 0 aliphatic rings. The van der Waals surface area contributed by atoms with Crippen LogP contribution in [0.4, 0.5) is 0 Å². The molecule has 2 aromatic rings. The summed E-state index contributed by atoms with van der Waals surface area (Å²) in [5, 5.41) is 0. The van der Waals surface area contributed by atoms with E-state index in [1.54, 1.807) is 0 Å².